The monoisotopic (exact) mass is 336 g/mol. The third kappa shape index (κ3) is 2.91. The lowest BCUT2D eigenvalue weighted by molar-refractivity contribution is -0.137. The molecule has 0 saturated heterocycles. The zero-order valence-electron chi connectivity index (χ0n) is 13.3. The number of nitrogens with one attached hydrogen (secondary N) is 1. The summed E-state index contributed by atoms with van der Waals surface area (Å²) in [6.07, 6.45) is -4.40. The SMILES string of the molecule is Cc1cc(-c2nc(C(C)(C)c3cccc(C(F)(F)F)c3)no2)n[nH]1. The second kappa shape index (κ2) is 5.47. The minimum absolute atomic E-state index is 0.217. The average molecular weight is 336 g/mol. The fourth-order valence-corrected chi connectivity index (χ4v) is 2.32. The van der Waals surface area contributed by atoms with Crippen LogP contribution in [-0.4, -0.2) is 20.3 Å². The quantitative estimate of drug-likeness (QED) is 0.781. The molecule has 0 saturated carbocycles. The van der Waals surface area contributed by atoms with Crippen LogP contribution in [0.25, 0.3) is 11.6 Å². The van der Waals surface area contributed by atoms with Gasteiger partial charge in [-0.25, -0.2) is 0 Å². The highest BCUT2D eigenvalue weighted by Crippen LogP contribution is 2.35. The van der Waals surface area contributed by atoms with Gasteiger partial charge in [-0.2, -0.15) is 23.3 Å². The highest BCUT2D eigenvalue weighted by molar-refractivity contribution is 5.47. The van der Waals surface area contributed by atoms with E-state index in [1.54, 1.807) is 26.0 Å². The first-order chi connectivity index (χ1) is 11.2. The fraction of sp³-hybridized carbons (Fsp3) is 0.312. The van der Waals surface area contributed by atoms with Crippen LogP contribution in [0.1, 0.15) is 36.5 Å². The summed E-state index contributed by atoms with van der Waals surface area (Å²) in [7, 11) is 0. The molecular weight excluding hydrogens is 321 g/mol. The van der Waals surface area contributed by atoms with E-state index in [9.17, 15) is 13.2 Å². The predicted molar refractivity (Wildman–Crippen MR) is 80.2 cm³/mol. The Balaban J connectivity index is 1.98. The molecule has 3 rings (SSSR count). The van der Waals surface area contributed by atoms with Crippen molar-refractivity contribution >= 4 is 0 Å². The number of nitrogens with zero attached hydrogens (tertiary/aromatic N) is 3. The standard InChI is InChI=1S/C16H15F3N4O/c1-9-7-12(22-21-9)13-20-14(23-24-13)15(2,3)10-5-4-6-11(8-10)16(17,18)19/h4-8H,1-3H3,(H,21,22). The van der Waals surface area contributed by atoms with E-state index in [2.05, 4.69) is 20.3 Å². The van der Waals surface area contributed by atoms with Gasteiger partial charge in [-0.15, -0.1) is 0 Å². The Morgan fingerprint density at radius 2 is 1.79 bits per heavy atom. The van der Waals surface area contributed by atoms with Crippen molar-refractivity contribution in [1.29, 1.82) is 0 Å². The van der Waals surface area contributed by atoms with Crippen LogP contribution in [0.4, 0.5) is 13.2 Å². The highest BCUT2D eigenvalue weighted by atomic mass is 19.4. The van der Waals surface area contributed by atoms with Crippen molar-refractivity contribution in [3.63, 3.8) is 0 Å². The van der Waals surface area contributed by atoms with E-state index < -0.39 is 17.2 Å². The summed E-state index contributed by atoms with van der Waals surface area (Å²) in [5, 5.41) is 10.7. The lowest BCUT2D eigenvalue weighted by atomic mass is 9.83. The Hall–Kier alpha value is -2.64. The van der Waals surface area contributed by atoms with Crippen molar-refractivity contribution in [3.8, 4) is 11.6 Å². The average Bonchev–Trinajstić information content (AvgIpc) is 3.15. The predicted octanol–water partition coefficient (Wildman–Crippen LogP) is 4.11. The van der Waals surface area contributed by atoms with Gasteiger partial charge in [0.1, 0.15) is 0 Å². The number of H-pyrrole nitrogens is 1. The first kappa shape index (κ1) is 16.2. The van der Waals surface area contributed by atoms with Gasteiger partial charge in [0.25, 0.3) is 5.89 Å². The zero-order valence-corrected chi connectivity index (χ0v) is 13.3. The number of aryl methyl sites for hydroxylation is 1. The number of rotatable bonds is 3. The summed E-state index contributed by atoms with van der Waals surface area (Å²) in [6, 6.07) is 6.87. The van der Waals surface area contributed by atoms with Crippen LogP contribution in [0, 0.1) is 6.92 Å². The number of halogens is 3. The molecule has 3 aromatic rings. The molecule has 5 nitrogen and oxygen atoms in total. The number of hydrogen-bond donors (Lipinski definition) is 1. The molecule has 2 aromatic heterocycles. The van der Waals surface area contributed by atoms with Crippen LogP contribution in [0.2, 0.25) is 0 Å². The number of benzene rings is 1. The molecule has 0 radical (unpaired) electrons. The Morgan fingerprint density at radius 3 is 2.42 bits per heavy atom. The molecule has 1 N–H and O–H groups in total. The molecule has 0 amide bonds. The summed E-state index contributed by atoms with van der Waals surface area (Å²) in [5.74, 6) is 0.506. The highest BCUT2D eigenvalue weighted by Gasteiger charge is 2.34. The van der Waals surface area contributed by atoms with Gasteiger partial charge in [0.05, 0.1) is 11.0 Å². The van der Waals surface area contributed by atoms with Crippen LogP contribution in [0.5, 0.6) is 0 Å². The molecule has 24 heavy (non-hydrogen) atoms. The summed E-state index contributed by atoms with van der Waals surface area (Å²) < 4.78 is 44.0. The maximum atomic E-state index is 12.9. The molecule has 8 heteroatoms. The number of aromatic amines is 1. The maximum absolute atomic E-state index is 12.9. The molecule has 2 heterocycles. The van der Waals surface area contributed by atoms with E-state index in [1.807, 2.05) is 6.92 Å². The summed E-state index contributed by atoms with van der Waals surface area (Å²) >= 11 is 0. The van der Waals surface area contributed by atoms with Gasteiger partial charge in [0.2, 0.25) is 0 Å². The first-order valence-corrected chi connectivity index (χ1v) is 7.22. The summed E-state index contributed by atoms with van der Waals surface area (Å²) in [4.78, 5) is 4.29. The van der Waals surface area contributed by atoms with Crippen molar-refractivity contribution in [1.82, 2.24) is 20.3 Å². The third-order valence-corrected chi connectivity index (χ3v) is 3.82. The summed E-state index contributed by atoms with van der Waals surface area (Å²) in [5.41, 5.74) is 0.213. The minimum atomic E-state index is -4.40. The van der Waals surface area contributed by atoms with Crippen LogP contribution >= 0.6 is 0 Å². The molecule has 0 fully saturated rings. The number of aromatic nitrogens is 4. The van der Waals surface area contributed by atoms with E-state index >= 15 is 0 Å². The van der Waals surface area contributed by atoms with Gasteiger partial charge < -0.3 is 4.52 Å². The molecule has 0 aliphatic heterocycles. The van der Waals surface area contributed by atoms with Gasteiger partial charge in [0.15, 0.2) is 11.5 Å². The normalized spacial score (nSPS) is 12.6. The Kier molecular flexibility index (Phi) is 3.70. The van der Waals surface area contributed by atoms with Gasteiger partial charge in [-0.3, -0.25) is 5.10 Å². The molecule has 1 aromatic carbocycles. The van der Waals surface area contributed by atoms with Crippen LogP contribution in [0.15, 0.2) is 34.9 Å². The lowest BCUT2D eigenvalue weighted by Gasteiger charge is -2.22. The van der Waals surface area contributed by atoms with Crippen LogP contribution < -0.4 is 0 Å². The van der Waals surface area contributed by atoms with Gasteiger partial charge in [-0.05, 0) is 38.5 Å². The Labute approximate surface area is 135 Å². The van der Waals surface area contributed by atoms with Gasteiger partial charge in [0, 0.05) is 5.69 Å². The van der Waals surface area contributed by atoms with E-state index in [1.165, 1.54) is 6.07 Å². The Morgan fingerprint density at radius 1 is 1.08 bits per heavy atom. The van der Waals surface area contributed by atoms with Gasteiger partial charge in [-0.1, -0.05) is 23.4 Å². The fourth-order valence-electron chi connectivity index (χ4n) is 2.32. The molecule has 0 aliphatic carbocycles. The molecule has 126 valence electrons. The lowest BCUT2D eigenvalue weighted by Crippen LogP contribution is -2.21. The van der Waals surface area contributed by atoms with E-state index in [4.69, 9.17) is 4.52 Å². The molecule has 0 spiro atoms. The van der Waals surface area contributed by atoms with Crippen LogP contribution in [-0.2, 0) is 11.6 Å². The van der Waals surface area contributed by atoms with E-state index in [-0.39, 0.29) is 11.7 Å². The number of hydrogen-bond acceptors (Lipinski definition) is 4. The second-order valence-corrected chi connectivity index (χ2v) is 6.06. The maximum Gasteiger partial charge on any atom is 0.416 e. The molecular formula is C16H15F3N4O. The molecule has 0 atom stereocenters. The van der Waals surface area contributed by atoms with Gasteiger partial charge >= 0.3 is 6.18 Å². The van der Waals surface area contributed by atoms with Crippen molar-refractivity contribution in [3.05, 3.63) is 53.0 Å². The van der Waals surface area contributed by atoms with Crippen molar-refractivity contribution < 1.29 is 17.7 Å². The van der Waals surface area contributed by atoms with Crippen molar-refractivity contribution in [2.45, 2.75) is 32.4 Å². The van der Waals surface area contributed by atoms with Crippen molar-refractivity contribution in [2.75, 3.05) is 0 Å². The molecule has 0 aliphatic rings. The smallest absolute Gasteiger partial charge is 0.332 e. The second-order valence-electron chi connectivity index (χ2n) is 6.06. The van der Waals surface area contributed by atoms with E-state index in [0.717, 1.165) is 17.8 Å². The first-order valence-electron chi connectivity index (χ1n) is 7.22. The molecule has 0 bridgehead atoms. The number of alkyl halides is 3. The topological polar surface area (TPSA) is 67.6 Å². The summed E-state index contributed by atoms with van der Waals surface area (Å²) in [6.45, 7) is 5.32. The Bertz CT molecular complexity index is 864. The third-order valence-electron chi connectivity index (χ3n) is 3.82. The van der Waals surface area contributed by atoms with Crippen molar-refractivity contribution in [2.24, 2.45) is 0 Å². The van der Waals surface area contributed by atoms with Crippen LogP contribution in [0.3, 0.4) is 0 Å². The molecule has 0 unspecified atom stereocenters. The minimum Gasteiger partial charge on any atom is -0.332 e. The largest absolute Gasteiger partial charge is 0.416 e. The van der Waals surface area contributed by atoms with E-state index in [0.29, 0.717) is 11.3 Å². The zero-order chi connectivity index (χ0) is 17.5.